The number of esters is 4. The lowest BCUT2D eigenvalue weighted by atomic mass is 9.81. The first-order valence-corrected chi connectivity index (χ1v) is 22.7. The molecule has 2 heterocycles. The van der Waals surface area contributed by atoms with Crippen LogP contribution < -0.4 is 20.7 Å². The van der Waals surface area contributed by atoms with Crippen LogP contribution in [0, 0.1) is 19.8 Å². The minimum Gasteiger partial charge on any atom is -0.493 e. The van der Waals surface area contributed by atoms with E-state index in [9.17, 15) is 33.6 Å². The van der Waals surface area contributed by atoms with Gasteiger partial charge in [0.25, 0.3) is 5.91 Å². The average Bonchev–Trinajstić information content (AvgIpc) is 3.25. The first-order chi connectivity index (χ1) is 32.1. The molecule has 0 bridgehead atoms. The highest BCUT2D eigenvalue weighted by atomic mass is 16.6. The van der Waals surface area contributed by atoms with Gasteiger partial charge < -0.3 is 63.3 Å². The van der Waals surface area contributed by atoms with E-state index in [1.165, 1.54) is 6.08 Å². The first kappa shape index (κ1) is 56.8. The average molecular weight is 962 g/mol. The molecule has 0 saturated carbocycles. The van der Waals surface area contributed by atoms with Crippen molar-refractivity contribution < 1.29 is 80.9 Å². The number of ether oxygens (including phenoxy) is 10. The van der Waals surface area contributed by atoms with E-state index in [4.69, 9.17) is 47.4 Å². The summed E-state index contributed by atoms with van der Waals surface area (Å²) in [7, 11) is 1.12. The van der Waals surface area contributed by atoms with Gasteiger partial charge in [0.1, 0.15) is 23.6 Å². The number of benzene rings is 1. The molecule has 20 heteroatoms. The molecule has 68 heavy (non-hydrogen) atoms. The smallest absolute Gasteiger partial charge is 0.408 e. The Morgan fingerprint density at radius 1 is 0.926 bits per heavy atom. The van der Waals surface area contributed by atoms with E-state index in [1.807, 2.05) is 0 Å². The summed E-state index contributed by atoms with van der Waals surface area (Å²) >= 11 is 0. The fourth-order valence-corrected chi connectivity index (χ4v) is 7.87. The van der Waals surface area contributed by atoms with Crippen molar-refractivity contribution in [2.45, 2.75) is 135 Å². The standard InChI is InChI=1S/C48H71N3O17/c1-12-17-48(45(57)59-11)24-37(64-31(5)52)39(51-46(58)68-47(8,9)10)42(67-48)41(66-33(7)54)38(65-32(6)53)25-49-43(55)35-22-29(3)40(30(4)23-35)63-21-15-20-62-28-36(27-60-18-13-2)50-44(56)34-16-14-19-61-26-34/h12-13,22-23,34,36-39,41-42H,1-2,14-21,24-28H2,3-11H3,(H,49,55)(H,50,56)(H,51,58)/t34?,36-,37+,38-,39-,41-,42-,48-/m1/s1. The summed E-state index contributed by atoms with van der Waals surface area (Å²) in [6.07, 6.45) is -2.53. The summed E-state index contributed by atoms with van der Waals surface area (Å²) in [5.74, 6) is -3.77. The third-order valence-corrected chi connectivity index (χ3v) is 10.6. The minimum atomic E-state index is -1.91. The van der Waals surface area contributed by atoms with Crippen LogP contribution in [0.15, 0.2) is 37.4 Å². The van der Waals surface area contributed by atoms with Crippen LogP contribution in [0.1, 0.15) is 95.1 Å². The Bertz CT molecular complexity index is 1890. The molecule has 2 fully saturated rings. The molecule has 2 aliphatic rings. The molecule has 3 rings (SSSR count). The first-order valence-electron chi connectivity index (χ1n) is 22.7. The van der Waals surface area contributed by atoms with Gasteiger partial charge in [-0.15, -0.1) is 13.2 Å². The molecule has 2 saturated heterocycles. The molecule has 0 aromatic heterocycles. The van der Waals surface area contributed by atoms with E-state index in [0.29, 0.717) is 49.7 Å². The Balaban J connectivity index is 1.81. The summed E-state index contributed by atoms with van der Waals surface area (Å²) in [5, 5.41) is 8.38. The fraction of sp³-hybridized carbons (Fsp3) is 0.646. The molecule has 1 unspecified atom stereocenters. The SMILES string of the molecule is C=CCOC[C@H](COCCCOc1c(C)cc(C(=O)NC[C@@H](OC(C)=O)[C@@H](OC(C)=O)[C@@H]2O[C@@](CC=C)(C(=O)OC)C[C@H](OC(C)=O)[C@H]2NC(=O)OC(C)(C)C)cc1C)NC(=O)C1CCCOC1. The normalized spacial score (nSPS) is 21.6. The molecule has 380 valence electrons. The molecule has 2 aliphatic heterocycles. The third-order valence-electron chi connectivity index (χ3n) is 10.6. The maximum atomic E-state index is 13.8. The summed E-state index contributed by atoms with van der Waals surface area (Å²) in [4.78, 5) is 91.5. The van der Waals surface area contributed by atoms with Crippen LogP contribution in [0.3, 0.4) is 0 Å². The Labute approximate surface area is 398 Å². The van der Waals surface area contributed by atoms with E-state index in [-0.39, 0.29) is 56.1 Å². The van der Waals surface area contributed by atoms with Gasteiger partial charge in [-0.05, 0) is 70.7 Å². The molecule has 0 aliphatic carbocycles. The highest BCUT2D eigenvalue weighted by Crippen LogP contribution is 2.38. The molecule has 1 aromatic carbocycles. The Kier molecular flexibility index (Phi) is 22.9. The lowest BCUT2D eigenvalue weighted by Crippen LogP contribution is -2.69. The number of amides is 3. The van der Waals surface area contributed by atoms with Gasteiger partial charge in [-0.3, -0.25) is 24.0 Å². The van der Waals surface area contributed by atoms with Crippen molar-refractivity contribution in [1.82, 2.24) is 16.0 Å². The Hall–Kier alpha value is -5.57. The van der Waals surface area contributed by atoms with Gasteiger partial charge in [-0.1, -0.05) is 12.2 Å². The lowest BCUT2D eigenvalue weighted by molar-refractivity contribution is -0.238. The van der Waals surface area contributed by atoms with Crippen LogP contribution in [0.4, 0.5) is 4.79 Å². The number of hydrogen-bond donors (Lipinski definition) is 3. The second-order valence-electron chi connectivity index (χ2n) is 17.7. The highest BCUT2D eigenvalue weighted by molar-refractivity contribution is 5.95. The van der Waals surface area contributed by atoms with E-state index >= 15 is 0 Å². The van der Waals surface area contributed by atoms with Gasteiger partial charge in [-0.25, -0.2) is 9.59 Å². The van der Waals surface area contributed by atoms with E-state index < -0.39 is 84.1 Å². The third kappa shape index (κ3) is 18.2. The molecule has 20 nitrogen and oxygen atoms in total. The fourth-order valence-electron chi connectivity index (χ4n) is 7.87. The monoisotopic (exact) mass is 961 g/mol. The van der Waals surface area contributed by atoms with Crippen LogP contribution in [0.5, 0.6) is 5.75 Å². The molecule has 3 N–H and O–H groups in total. The second-order valence-corrected chi connectivity index (χ2v) is 17.7. The number of carbonyl (C=O) groups is 7. The van der Waals surface area contributed by atoms with Gasteiger partial charge in [0.2, 0.25) is 5.91 Å². The van der Waals surface area contributed by atoms with Crippen molar-refractivity contribution in [2.75, 3.05) is 59.9 Å². The molecule has 0 radical (unpaired) electrons. The largest absolute Gasteiger partial charge is 0.493 e. The van der Waals surface area contributed by atoms with Crippen LogP contribution in [-0.4, -0.2) is 149 Å². The van der Waals surface area contributed by atoms with Gasteiger partial charge in [-0.2, -0.15) is 0 Å². The minimum absolute atomic E-state index is 0.0950. The number of rotatable bonds is 25. The highest BCUT2D eigenvalue weighted by Gasteiger charge is 2.58. The van der Waals surface area contributed by atoms with Gasteiger partial charge in [0.05, 0.1) is 64.7 Å². The second kappa shape index (κ2) is 27.4. The Morgan fingerprint density at radius 2 is 1.60 bits per heavy atom. The van der Waals surface area contributed by atoms with Crippen molar-refractivity contribution in [1.29, 1.82) is 0 Å². The van der Waals surface area contributed by atoms with E-state index in [1.54, 1.807) is 52.8 Å². The number of aryl methyl sites for hydroxylation is 2. The summed E-state index contributed by atoms with van der Waals surface area (Å²) in [5.41, 5.74) is -1.39. The number of nitrogens with one attached hydrogen (secondary N) is 3. The maximum absolute atomic E-state index is 13.8. The van der Waals surface area contributed by atoms with Crippen LogP contribution in [0.2, 0.25) is 0 Å². The molecular weight excluding hydrogens is 891 g/mol. The Morgan fingerprint density at radius 3 is 2.18 bits per heavy atom. The van der Waals surface area contributed by atoms with Crippen LogP contribution >= 0.6 is 0 Å². The number of alkyl carbamates (subject to hydrolysis) is 1. The zero-order valence-electron chi connectivity index (χ0n) is 40.9. The quantitative estimate of drug-likeness (QED) is 0.0544. The lowest BCUT2D eigenvalue weighted by Gasteiger charge is -2.49. The summed E-state index contributed by atoms with van der Waals surface area (Å²) in [6, 6.07) is 1.46. The van der Waals surface area contributed by atoms with E-state index in [2.05, 4.69) is 29.1 Å². The summed E-state index contributed by atoms with van der Waals surface area (Å²) < 4.78 is 57.2. The maximum Gasteiger partial charge on any atom is 0.408 e. The molecule has 3 amide bonds. The van der Waals surface area contributed by atoms with Crippen molar-refractivity contribution in [2.24, 2.45) is 5.92 Å². The molecular formula is C48H71N3O17. The van der Waals surface area contributed by atoms with Gasteiger partial charge in [0.15, 0.2) is 17.8 Å². The van der Waals surface area contributed by atoms with Crippen LogP contribution in [-0.2, 0) is 66.6 Å². The predicted molar refractivity (Wildman–Crippen MR) is 245 cm³/mol. The van der Waals surface area contributed by atoms with Gasteiger partial charge in [0, 0.05) is 58.8 Å². The number of hydrogen-bond acceptors (Lipinski definition) is 17. The predicted octanol–water partition coefficient (Wildman–Crippen LogP) is 3.90. The van der Waals surface area contributed by atoms with Crippen molar-refractivity contribution in [3.63, 3.8) is 0 Å². The molecule has 0 spiro atoms. The molecule has 1 aromatic rings. The molecule has 8 atom stereocenters. The van der Waals surface area contributed by atoms with E-state index in [0.717, 1.165) is 40.7 Å². The van der Waals surface area contributed by atoms with Crippen molar-refractivity contribution in [3.05, 3.63) is 54.1 Å². The zero-order valence-corrected chi connectivity index (χ0v) is 40.9. The van der Waals surface area contributed by atoms with Crippen LogP contribution in [0.25, 0.3) is 0 Å². The summed E-state index contributed by atoms with van der Waals surface area (Å²) in [6.45, 7) is 21.1. The number of carbonyl (C=O) groups excluding carboxylic acids is 7. The number of methoxy groups -OCH3 is 1. The van der Waals surface area contributed by atoms with Gasteiger partial charge >= 0.3 is 30.0 Å². The topological polar surface area (TPSA) is 248 Å². The zero-order chi connectivity index (χ0) is 50.6. The van der Waals surface area contributed by atoms with Crippen molar-refractivity contribution >= 4 is 41.8 Å². The van der Waals surface area contributed by atoms with Crippen molar-refractivity contribution in [3.8, 4) is 5.75 Å².